The van der Waals surface area contributed by atoms with Gasteiger partial charge in [0, 0.05) is 23.8 Å². The van der Waals surface area contributed by atoms with Crippen molar-refractivity contribution in [2.75, 3.05) is 0 Å². The van der Waals surface area contributed by atoms with Crippen molar-refractivity contribution in [2.24, 2.45) is 0 Å². The van der Waals surface area contributed by atoms with Crippen LogP contribution in [0.5, 0.6) is 0 Å². The van der Waals surface area contributed by atoms with E-state index < -0.39 is 0 Å². The Hall–Kier alpha value is -1.61. The number of nitrogens with one attached hydrogen (secondary N) is 1. The number of hydrogen-bond acceptors (Lipinski definition) is 2. The lowest BCUT2D eigenvalue weighted by Crippen LogP contribution is -2.35. The number of rotatable bonds is 4. The maximum Gasteiger partial charge on any atom is 0.0659 e. The molecular weight excluding hydrogens is 246 g/mol. The molecule has 0 saturated heterocycles. The summed E-state index contributed by atoms with van der Waals surface area (Å²) in [5.41, 5.74) is 5.08. The highest BCUT2D eigenvalue weighted by atomic mass is 15.3. The van der Waals surface area contributed by atoms with Gasteiger partial charge in [-0.1, -0.05) is 29.8 Å². The molecule has 1 aromatic carbocycles. The zero-order valence-electron chi connectivity index (χ0n) is 13.2. The standard InChI is InChI=1S/C17H25N3/c1-13-6-8-15(9-7-13)11-20-12-16(14(2)19-20)10-18-17(3,4)5/h6-9,12,18H,10-11H2,1-5H3. The van der Waals surface area contributed by atoms with Gasteiger partial charge in [0.25, 0.3) is 0 Å². The molecule has 108 valence electrons. The summed E-state index contributed by atoms with van der Waals surface area (Å²) < 4.78 is 2.03. The quantitative estimate of drug-likeness (QED) is 0.923. The Labute approximate surface area is 122 Å². The van der Waals surface area contributed by atoms with Crippen LogP contribution >= 0.6 is 0 Å². The second-order valence-electron chi connectivity index (χ2n) is 6.53. The van der Waals surface area contributed by atoms with Crippen molar-refractivity contribution < 1.29 is 0 Å². The van der Waals surface area contributed by atoms with Gasteiger partial charge in [0.1, 0.15) is 0 Å². The summed E-state index contributed by atoms with van der Waals surface area (Å²) in [7, 11) is 0. The summed E-state index contributed by atoms with van der Waals surface area (Å²) in [5.74, 6) is 0. The lowest BCUT2D eigenvalue weighted by atomic mass is 10.1. The molecule has 1 aromatic heterocycles. The predicted octanol–water partition coefficient (Wildman–Crippen LogP) is 3.44. The first-order valence-electron chi connectivity index (χ1n) is 7.17. The summed E-state index contributed by atoms with van der Waals surface area (Å²) in [6.45, 7) is 12.4. The molecule has 20 heavy (non-hydrogen) atoms. The van der Waals surface area contributed by atoms with E-state index in [1.165, 1.54) is 16.7 Å². The van der Waals surface area contributed by atoms with Crippen molar-refractivity contribution in [3.05, 3.63) is 52.8 Å². The Bertz CT molecular complexity index is 559. The van der Waals surface area contributed by atoms with Crippen LogP contribution in [-0.4, -0.2) is 15.3 Å². The van der Waals surface area contributed by atoms with Gasteiger partial charge in [-0.25, -0.2) is 0 Å². The van der Waals surface area contributed by atoms with Gasteiger partial charge in [-0.3, -0.25) is 4.68 Å². The Kier molecular flexibility index (Phi) is 4.29. The molecule has 3 nitrogen and oxygen atoms in total. The fourth-order valence-corrected chi connectivity index (χ4v) is 2.05. The molecule has 0 fully saturated rings. The first-order valence-corrected chi connectivity index (χ1v) is 7.17. The minimum atomic E-state index is 0.130. The van der Waals surface area contributed by atoms with Gasteiger partial charge in [0.2, 0.25) is 0 Å². The monoisotopic (exact) mass is 271 g/mol. The maximum absolute atomic E-state index is 4.61. The van der Waals surface area contributed by atoms with Crippen LogP contribution in [-0.2, 0) is 13.1 Å². The van der Waals surface area contributed by atoms with E-state index in [1.54, 1.807) is 0 Å². The van der Waals surface area contributed by atoms with E-state index in [1.807, 2.05) is 4.68 Å². The van der Waals surface area contributed by atoms with Crippen LogP contribution in [0.4, 0.5) is 0 Å². The minimum absolute atomic E-state index is 0.130. The first kappa shape index (κ1) is 14.8. The molecule has 0 aliphatic carbocycles. The van der Waals surface area contributed by atoms with Crippen LogP contribution in [0.3, 0.4) is 0 Å². The highest BCUT2D eigenvalue weighted by molar-refractivity contribution is 5.22. The molecule has 0 spiro atoms. The zero-order chi connectivity index (χ0) is 14.8. The molecule has 0 aliphatic rings. The molecule has 2 rings (SSSR count). The lowest BCUT2D eigenvalue weighted by molar-refractivity contribution is 0.423. The first-order chi connectivity index (χ1) is 9.33. The van der Waals surface area contributed by atoms with Gasteiger partial charge in [0.15, 0.2) is 0 Å². The van der Waals surface area contributed by atoms with Gasteiger partial charge in [-0.15, -0.1) is 0 Å². The Balaban J connectivity index is 2.05. The molecule has 3 heteroatoms. The average Bonchev–Trinajstić information content (AvgIpc) is 2.69. The number of hydrogen-bond donors (Lipinski definition) is 1. The summed E-state index contributed by atoms with van der Waals surface area (Å²) in [4.78, 5) is 0. The van der Waals surface area contributed by atoms with Crippen molar-refractivity contribution >= 4 is 0 Å². The molecule has 0 atom stereocenters. The molecule has 2 aromatic rings. The van der Waals surface area contributed by atoms with Crippen LogP contribution in [0.25, 0.3) is 0 Å². The maximum atomic E-state index is 4.61. The minimum Gasteiger partial charge on any atom is -0.308 e. The summed E-state index contributed by atoms with van der Waals surface area (Å²) in [5, 5.41) is 8.12. The number of aromatic nitrogens is 2. The van der Waals surface area contributed by atoms with Crippen LogP contribution in [0.1, 0.15) is 43.2 Å². The van der Waals surface area contributed by atoms with Crippen LogP contribution in [0, 0.1) is 13.8 Å². The van der Waals surface area contributed by atoms with Crippen molar-refractivity contribution in [2.45, 2.75) is 53.2 Å². The number of aryl methyl sites for hydroxylation is 2. The van der Waals surface area contributed by atoms with Gasteiger partial charge in [-0.05, 0) is 40.2 Å². The topological polar surface area (TPSA) is 29.9 Å². The second kappa shape index (κ2) is 5.80. The second-order valence-corrected chi connectivity index (χ2v) is 6.53. The van der Waals surface area contributed by atoms with Crippen molar-refractivity contribution in [3.63, 3.8) is 0 Å². The third-order valence-corrected chi connectivity index (χ3v) is 3.32. The number of nitrogens with zero attached hydrogens (tertiary/aromatic N) is 2. The highest BCUT2D eigenvalue weighted by Crippen LogP contribution is 2.11. The Morgan fingerprint density at radius 3 is 2.35 bits per heavy atom. The average molecular weight is 271 g/mol. The molecule has 0 amide bonds. The molecule has 1 N–H and O–H groups in total. The van der Waals surface area contributed by atoms with Crippen molar-refractivity contribution in [1.82, 2.24) is 15.1 Å². The van der Waals surface area contributed by atoms with Gasteiger partial charge < -0.3 is 5.32 Å². The van der Waals surface area contributed by atoms with Crippen molar-refractivity contribution in [3.8, 4) is 0 Å². The van der Waals surface area contributed by atoms with E-state index >= 15 is 0 Å². The van der Waals surface area contributed by atoms with E-state index in [2.05, 4.69) is 75.5 Å². The molecule has 0 aliphatic heterocycles. The fraction of sp³-hybridized carbons (Fsp3) is 0.471. The summed E-state index contributed by atoms with van der Waals surface area (Å²) in [6, 6.07) is 8.63. The fourth-order valence-electron chi connectivity index (χ4n) is 2.05. The van der Waals surface area contributed by atoms with E-state index in [0.717, 1.165) is 18.8 Å². The molecular formula is C17H25N3. The molecule has 0 unspecified atom stereocenters. The molecule has 0 bridgehead atoms. The van der Waals surface area contributed by atoms with E-state index in [0.29, 0.717) is 0 Å². The smallest absolute Gasteiger partial charge is 0.0659 e. The Morgan fingerprint density at radius 1 is 1.10 bits per heavy atom. The van der Waals surface area contributed by atoms with Crippen LogP contribution in [0.15, 0.2) is 30.5 Å². The summed E-state index contributed by atoms with van der Waals surface area (Å²) >= 11 is 0. The summed E-state index contributed by atoms with van der Waals surface area (Å²) in [6.07, 6.45) is 2.15. The van der Waals surface area contributed by atoms with E-state index in [4.69, 9.17) is 0 Å². The van der Waals surface area contributed by atoms with Crippen molar-refractivity contribution in [1.29, 1.82) is 0 Å². The number of benzene rings is 1. The van der Waals surface area contributed by atoms with Gasteiger partial charge in [0.05, 0.1) is 12.2 Å². The van der Waals surface area contributed by atoms with Gasteiger partial charge >= 0.3 is 0 Å². The third-order valence-electron chi connectivity index (χ3n) is 3.32. The lowest BCUT2D eigenvalue weighted by Gasteiger charge is -2.20. The Morgan fingerprint density at radius 2 is 1.75 bits per heavy atom. The van der Waals surface area contributed by atoms with Crippen LogP contribution in [0.2, 0.25) is 0 Å². The molecule has 1 heterocycles. The largest absolute Gasteiger partial charge is 0.308 e. The third kappa shape index (κ3) is 4.20. The van der Waals surface area contributed by atoms with E-state index in [-0.39, 0.29) is 5.54 Å². The van der Waals surface area contributed by atoms with E-state index in [9.17, 15) is 0 Å². The normalized spacial score (nSPS) is 11.8. The predicted molar refractivity (Wildman–Crippen MR) is 83.8 cm³/mol. The molecule has 0 radical (unpaired) electrons. The van der Waals surface area contributed by atoms with Gasteiger partial charge in [-0.2, -0.15) is 5.10 Å². The zero-order valence-corrected chi connectivity index (χ0v) is 13.2. The SMILES string of the molecule is Cc1ccc(Cn2cc(CNC(C)(C)C)c(C)n2)cc1. The highest BCUT2D eigenvalue weighted by Gasteiger charge is 2.11. The molecule has 0 saturated carbocycles. The van der Waals surface area contributed by atoms with Crippen LogP contribution < -0.4 is 5.32 Å².